The second-order valence-electron chi connectivity index (χ2n) is 5.31. The minimum absolute atomic E-state index is 0.145. The van der Waals surface area contributed by atoms with Gasteiger partial charge in [0, 0.05) is 15.6 Å². The minimum Gasteiger partial charge on any atom is -0.497 e. The lowest BCUT2D eigenvalue weighted by Gasteiger charge is -2.07. The summed E-state index contributed by atoms with van der Waals surface area (Å²) in [6.45, 7) is 0. The molecule has 0 bridgehead atoms. The number of ether oxygens (including phenoxy) is 1. The number of nitriles is 1. The average molecular weight is 396 g/mol. The number of H-pyrrole nitrogens is 1. The van der Waals surface area contributed by atoms with Crippen LogP contribution in [0.1, 0.15) is 21.5 Å². The molecule has 0 spiro atoms. The molecule has 0 saturated carbocycles. The number of methoxy groups -OCH3 is 1. The Bertz CT molecular complexity index is 985. The smallest absolute Gasteiger partial charge is 0.196 e. The van der Waals surface area contributed by atoms with Gasteiger partial charge in [0.15, 0.2) is 5.78 Å². The summed E-state index contributed by atoms with van der Waals surface area (Å²) >= 11 is 3.48. The van der Waals surface area contributed by atoms with Crippen molar-refractivity contribution in [1.82, 2.24) is 4.98 Å². The number of ketones is 1. The lowest BCUT2D eigenvalue weighted by Crippen LogP contribution is -2.04. The monoisotopic (exact) mass is 395 g/mol. The van der Waals surface area contributed by atoms with Crippen molar-refractivity contribution < 1.29 is 9.53 Å². The topological polar surface area (TPSA) is 91.9 Å². The van der Waals surface area contributed by atoms with E-state index in [9.17, 15) is 10.1 Å². The Hall–Kier alpha value is -3.04. The quantitative estimate of drug-likeness (QED) is 0.649. The molecule has 1 heterocycles. The number of carbonyl (C=O) groups is 1. The number of halogens is 1. The van der Waals surface area contributed by atoms with E-state index in [2.05, 4.69) is 20.9 Å². The van der Waals surface area contributed by atoms with Crippen LogP contribution in [-0.2, 0) is 0 Å². The van der Waals surface area contributed by atoms with Gasteiger partial charge in [-0.15, -0.1) is 0 Å². The Morgan fingerprint density at radius 3 is 2.48 bits per heavy atom. The molecule has 0 radical (unpaired) electrons. The van der Waals surface area contributed by atoms with Gasteiger partial charge in [0.05, 0.1) is 18.4 Å². The van der Waals surface area contributed by atoms with E-state index < -0.39 is 0 Å². The normalized spacial score (nSPS) is 10.3. The number of aromatic nitrogens is 1. The molecule has 5 nitrogen and oxygen atoms in total. The SMILES string of the molecule is COc1ccc(C(=O)c2c(-c3ccccc3Br)[nH]c(N)c2C#N)cc1. The van der Waals surface area contributed by atoms with Crippen LogP contribution < -0.4 is 10.5 Å². The highest BCUT2D eigenvalue weighted by Crippen LogP contribution is 2.35. The maximum atomic E-state index is 13.1. The van der Waals surface area contributed by atoms with Crippen LogP contribution in [0.2, 0.25) is 0 Å². The molecule has 0 aliphatic rings. The number of nitrogens with two attached hydrogens (primary N) is 1. The Labute approximate surface area is 153 Å². The number of aromatic amines is 1. The van der Waals surface area contributed by atoms with E-state index in [1.165, 1.54) is 0 Å². The van der Waals surface area contributed by atoms with Gasteiger partial charge < -0.3 is 15.5 Å². The molecule has 1 aromatic heterocycles. The summed E-state index contributed by atoms with van der Waals surface area (Å²) in [6, 6.07) is 16.2. The van der Waals surface area contributed by atoms with E-state index >= 15 is 0 Å². The highest BCUT2D eigenvalue weighted by molar-refractivity contribution is 9.10. The van der Waals surface area contributed by atoms with E-state index in [1.54, 1.807) is 31.4 Å². The third-order valence-electron chi connectivity index (χ3n) is 3.86. The predicted octanol–water partition coefficient (Wildman–Crippen LogP) is 4.14. The van der Waals surface area contributed by atoms with E-state index in [0.717, 1.165) is 10.0 Å². The fourth-order valence-corrected chi connectivity index (χ4v) is 3.10. The van der Waals surface area contributed by atoms with Gasteiger partial charge in [-0.05, 0) is 30.3 Å². The molecular weight excluding hydrogens is 382 g/mol. The number of benzene rings is 2. The number of carbonyl (C=O) groups excluding carboxylic acids is 1. The van der Waals surface area contributed by atoms with E-state index in [1.807, 2.05) is 30.3 Å². The third kappa shape index (κ3) is 3.02. The van der Waals surface area contributed by atoms with Crippen LogP contribution >= 0.6 is 15.9 Å². The Morgan fingerprint density at radius 1 is 1.20 bits per heavy atom. The van der Waals surface area contributed by atoms with Gasteiger partial charge in [0.25, 0.3) is 0 Å². The Balaban J connectivity index is 2.19. The van der Waals surface area contributed by atoms with Crippen LogP contribution in [-0.4, -0.2) is 17.9 Å². The fourth-order valence-electron chi connectivity index (χ4n) is 2.62. The van der Waals surface area contributed by atoms with E-state index in [4.69, 9.17) is 10.5 Å². The molecule has 6 heteroatoms. The summed E-state index contributed by atoms with van der Waals surface area (Å²) in [7, 11) is 1.56. The number of nitrogens with one attached hydrogen (secondary N) is 1. The number of anilines is 1. The zero-order valence-electron chi connectivity index (χ0n) is 13.3. The van der Waals surface area contributed by atoms with Crippen LogP contribution in [0.4, 0.5) is 5.82 Å². The second kappa shape index (κ2) is 6.83. The number of nitrogen functional groups attached to an aromatic ring is 1. The summed E-state index contributed by atoms with van der Waals surface area (Å²) < 4.78 is 5.91. The van der Waals surface area contributed by atoms with Crippen LogP contribution in [0.15, 0.2) is 53.0 Å². The Kier molecular flexibility index (Phi) is 4.59. The van der Waals surface area contributed by atoms with Crippen LogP contribution in [0.3, 0.4) is 0 Å². The summed E-state index contributed by atoms with van der Waals surface area (Å²) in [4.78, 5) is 16.0. The van der Waals surface area contributed by atoms with Crippen molar-refractivity contribution >= 4 is 27.5 Å². The van der Waals surface area contributed by atoms with Gasteiger partial charge in [-0.25, -0.2) is 0 Å². The molecule has 0 unspecified atom stereocenters. The Morgan fingerprint density at radius 2 is 1.88 bits per heavy atom. The number of hydrogen-bond donors (Lipinski definition) is 2. The van der Waals surface area contributed by atoms with Gasteiger partial charge in [-0.1, -0.05) is 34.1 Å². The maximum Gasteiger partial charge on any atom is 0.196 e. The average Bonchev–Trinajstić information content (AvgIpc) is 2.97. The van der Waals surface area contributed by atoms with Crippen LogP contribution in [0.5, 0.6) is 5.75 Å². The highest BCUT2D eigenvalue weighted by atomic mass is 79.9. The van der Waals surface area contributed by atoms with Gasteiger partial charge >= 0.3 is 0 Å². The van der Waals surface area contributed by atoms with E-state index in [0.29, 0.717) is 17.0 Å². The third-order valence-corrected chi connectivity index (χ3v) is 4.55. The molecule has 0 aliphatic carbocycles. The molecule has 0 saturated heterocycles. The van der Waals surface area contributed by atoms with Gasteiger partial charge in [-0.3, -0.25) is 4.79 Å². The van der Waals surface area contributed by atoms with Gasteiger partial charge in [-0.2, -0.15) is 5.26 Å². The molecule has 3 N–H and O–H groups in total. The minimum atomic E-state index is -0.280. The van der Waals surface area contributed by atoms with Crippen molar-refractivity contribution in [3.63, 3.8) is 0 Å². The summed E-state index contributed by atoms with van der Waals surface area (Å²) in [5.74, 6) is 0.541. The van der Waals surface area contributed by atoms with Gasteiger partial charge in [0.1, 0.15) is 23.2 Å². The van der Waals surface area contributed by atoms with Gasteiger partial charge in [0.2, 0.25) is 0 Å². The van der Waals surface area contributed by atoms with Crippen molar-refractivity contribution in [3.8, 4) is 23.1 Å². The standard InChI is InChI=1S/C19H14BrN3O2/c1-25-12-8-6-11(7-9-12)18(24)16-14(10-21)19(22)23-17(16)13-4-2-3-5-15(13)20/h2-9,23H,22H2,1H3. The summed E-state index contributed by atoms with van der Waals surface area (Å²) in [5, 5.41) is 9.47. The zero-order chi connectivity index (χ0) is 18.0. The van der Waals surface area contributed by atoms with Crippen molar-refractivity contribution in [2.24, 2.45) is 0 Å². The zero-order valence-corrected chi connectivity index (χ0v) is 14.9. The summed E-state index contributed by atoms with van der Waals surface area (Å²) in [5.41, 5.74) is 8.06. The molecule has 124 valence electrons. The molecule has 0 aliphatic heterocycles. The highest BCUT2D eigenvalue weighted by Gasteiger charge is 2.25. The van der Waals surface area contributed by atoms with E-state index in [-0.39, 0.29) is 22.7 Å². The first kappa shape index (κ1) is 16.8. The maximum absolute atomic E-state index is 13.1. The molecule has 0 fully saturated rings. The fraction of sp³-hybridized carbons (Fsp3) is 0.0526. The van der Waals surface area contributed by atoms with Crippen LogP contribution in [0.25, 0.3) is 11.3 Å². The molecule has 3 aromatic rings. The predicted molar refractivity (Wildman–Crippen MR) is 99.5 cm³/mol. The lowest BCUT2D eigenvalue weighted by molar-refractivity contribution is 0.103. The first-order valence-electron chi connectivity index (χ1n) is 7.42. The molecule has 25 heavy (non-hydrogen) atoms. The molecule has 3 rings (SSSR count). The van der Waals surface area contributed by atoms with Crippen LogP contribution in [0, 0.1) is 11.3 Å². The number of hydrogen-bond acceptors (Lipinski definition) is 4. The van der Waals surface area contributed by atoms with Crippen molar-refractivity contribution in [1.29, 1.82) is 5.26 Å². The van der Waals surface area contributed by atoms with Crippen molar-refractivity contribution in [2.75, 3.05) is 12.8 Å². The number of rotatable bonds is 4. The summed E-state index contributed by atoms with van der Waals surface area (Å²) in [6.07, 6.45) is 0. The molecule has 0 atom stereocenters. The second-order valence-corrected chi connectivity index (χ2v) is 6.17. The van der Waals surface area contributed by atoms with Crippen molar-refractivity contribution in [2.45, 2.75) is 0 Å². The first-order valence-corrected chi connectivity index (χ1v) is 8.21. The number of nitrogens with zero attached hydrogens (tertiary/aromatic N) is 1. The molecular formula is C19H14BrN3O2. The first-order chi connectivity index (χ1) is 12.1. The van der Waals surface area contributed by atoms with Crippen molar-refractivity contribution in [3.05, 3.63) is 69.7 Å². The lowest BCUT2D eigenvalue weighted by atomic mass is 9.97. The largest absolute Gasteiger partial charge is 0.497 e. The molecule has 2 aromatic carbocycles. The molecule has 0 amide bonds.